The largest absolute Gasteiger partial charge is 0.461 e. The lowest BCUT2D eigenvalue weighted by Gasteiger charge is -2.08. The highest BCUT2D eigenvalue weighted by Crippen LogP contribution is 2.17. The molecule has 0 bridgehead atoms. The Morgan fingerprint density at radius 1 is 1.27 bits per heavy atom. The molecule has 0 saturated heterocycles. The number of rotatable bonds is 8. The molecular weight excluding hydrogens is 354 g/mol. The molecule has 26 heavy (non-hydrogen) atoms. The van der Waals surface area contributed by atoms with Crippen LogP contribution in [0.5, 0.6) is 0 Å². The molecule has 2 aromatic rings. The molecule has 2 rings (SSSR count). The Bertz CT molecular complexity index is 779. The average molecular weight is 379 g/mol. The zero-order chi connectivity index (χ0) is 19.3. The van der Waals surface area contributed by atoms with E-state index in [1.54, 1.807) is 12.3 Å². The third kappa shape index (κ3) is 5.14. The molecule has 142 valence electrons. The van der Waals surface area contributed by atoms with E-state index < -0.39 is 5.97 Å². The molecule has 2 heterocycles. The maximum atomic E-state index is 12.2. The number of aromatic nitrogens is 3. The third-order valence-corrected chi connectivity index (χ3v) is 4.64. The summed E-state index contributed by atoms with van der Waals surface area (Å²) < 4.78 is 12.1. The zero-order valence-electron chi connectivity index (χ0n) is 15.9. The molecule has 0 fully saturated rings. The number of carbonyl (C=O) groups is 2. The van der Waals surface area contributed by atoms with Crippen LogP contribution in [0.1, 0.15) is 53.2 Å². The highest BCUT2D eigenvalue weighted by molar-refractivity contribution is 7.11. The summed E-state index contributed by atoms with van der Waals surface area (Å²) in [5, 5.41) is 6.46. The average Bonchev–Trinajstić information content (AvgIpc) is 3.14. The van der Waals surface area contributed by atoms with Crippen LogP contribution in [-0.2, 0) is 33.8 Å². The van der Waals surface area contributed by atoms with Crippen LogP contribution in [0.3, 0.4) is 0 Å². The Hall–Kier alpha value is -2.22. The van der Waals surface area contributed by atoms with E-state index in [9.17, 15) is 9.59 Å². The first kappa shape index (κ1) is 20.1. The molecule has 0 atom stereocenters. The molecule has 0 radical (unpaired) electrons. The van der Waals surface area contributed by atoms with E-state index in [2.05, 4.69) is 23.9 Å². The van der Waals surface area contributed by atoms with Crippen molar-refractivity contribution in [1.29, 1.82) is 0 Å². The summed E-state index contributed by atoms with van der Waals surface area (Å²) in [5.41, 5.74) is 3.28. The van der Waals surface area contributed by atoms with E-state index in [0.717, 1.165) is 23.5 Å². The van der Waals surface area contributed by atoms with Gasteiger partial charge in [-0.05, 0) is 26.7 Å². The van der Waals surface area contributed by atoms with E-state index in [1.165, 1.54) is 11.3 Å². The fraction of sp³-hybridized carbons (Fsp3) is 0.556. The highest BCUT2D eigenvalue weighted by Gasteiger charge is 2.17. The molecule has 8 heteroatoms. The second-order valence-electron chi connectivity index (χ2n) is 6.43. The van der Waals surface area contributed by atoms with Crippen molar-refractivity contribution < 1.29 is 19.1 Å². The minimum atomic E-state index is -0.459. The van der Waals surface area contributed by atoms with Crippen LogP contribution in [0.25, 0.3) is 0 Å². The molecule has 0 aliphatic carbocycles. The van der Waals surface area contributed by atoms with Gasteiger partial charge in [0, 0.05) is 23.2 Å². The Balaban J connectivity index is 1.93. The number of thiazole rings is 1. The van der Waals surface area contributed by atoms with Gasteiger partial charge in [-0.1, -0.05) is 13.8 Å². The second-order valence-corrected chi connectivity index (χ2v) is 7.29. The predicted molar refractivity (Wildman–Crippen MR) is 98.1 cm³/mol. The van der Waals surface area contributed by atoms with Crippen LogP contribution < -0.4 is 0 Å². The van der Waals surface area contributed by atoms with Gasteiger partial charge in [0.15, 0.2) is 0 Å². The zero-order valence-corrected chi connectivity index (χ0v) is 16.7. The maximum absolute atomic E-state index is 12.2. The van der Waals surface area contributed by atoms with Gasteiger partial charge in [0.05, 0.1) is 24.4 Å². The van der Waals surface area contributed by atoms with Gasteiger partial charge in [-0.3, -0.25) is 9.48 Å². The quantitative estimate of drug-likeness (QED) is 0.656. The minimum Gasteiger partial charge on any atom is -0.461 e. The SMILES string of the molecule is CCOC(=O)c1nc(COC(=O)Cc2c(C)nn(CC(C)C)c2C)cs1. The van der Waals surface area contributed by atoms with E-state index in [-0.39, 0.29) is 24.0 Å². The normalized spacial score (nSPS) is 11.0. The Morgan fingerprint density at radius 2 is 2.00 bits per heavy atom. The number of carbonyl (C=O) groups excluding carboxylic acids is 2. The fourth-order valence-electron chi connectivity index (χ4n) is 2.52. The van der Waals surface area contributed by atoms with Crippen molar-refractivity contribution >= 4 is 23.3 Å². The molecule has 0 aliphatic heterocycles. The predicted octanol–water partition coefficient (Wildman–Crippen LogP) is 3.08. The minimum absolute atomic E-state index is 0.0347. The third-order valence-electron chi connectivity index (χ3n) is 3.77. The maximum Gasteiger partial charge on any atom is 0.367 e. The van der Waals surface area contributed by atoms with Gasteiger partial charge in [0.1, 0.15) is 6.61 Å². The van der Waals surface area contributed by atoms with E-state index >= 15 is 0 Å². The lowest BCUT2D eigenvalue weighted by molar-refractivity contribution is -0.144. The van der Waals surface area contributed by atoms with Gasteiger partial charge >= 0.3 is 11.9 Å². The van der Waals surface area contributed by atoms with E-state index in [4.69, 9.17) is 9.47 Å². The Kier molecular flexibility index (Phi) is 6.90. The Labute approximate surface area is 157 Å². The van der Waals surface area contributed by atoms with Crippen LogP contribution in [0, 0.1) is 19.8 Å². The summed E-state index contributed by atoms with van der Waals surface area (Å²) in [6, 6.07) is 0. The summed E-state index contributed by atoms with van der Waals surface area (Å²) in [6.45, 7) is 11.0. The number of esters is 2. The second kappa shape index (κ2) is 8.93. The number of aryl methyl sites for hydroxylation is 1. The van der Waals surface area contributed by atoms with Crippen molar-refractivity contribution in [3.63, 3.8) is 0 Å². The lowest BCUT2D eigenvalue weighted by Crippen LogP contribution is -2.11. The van der Waals surface area contributed by atoms with E-state index in [1.807, 2.05) is 18.5 Å². The van der Waals surface area contributed by atoms with Crippen molar-refractivity contribution in [3.8, 4) is 0 Å². The first-order chi connectivity index (χ1) is 12.3. The number of hydrogen-bond acceptors (Lipinski definition) is 7. The van der Waals surface area contributed by atoms with Gasteiger partial charge in [-0.15, -0.1) is 11.3 Å². The van der Waals surface area contributed by atoms with Crippen LogP contribution in [0.15, 0.2) is 5.38 Å². The number of ether oxygens (including phenoxy) is 2. The molecule has 0 aliphatic rings. The smallest absolute Gasteiger partial charge is 0.367 e. The topological polar surface area (TPSA) is 83.3 Å². The van der Waals surface area contributed by atoms with Gasteiger partial charge in [0.2, 0.25) is 5.01 Å². The molecule has 0 aromatic carbocycles. The molecule has 7 nitrogen and oxygen atoms in total. The number of hydrogen-bond donors (Lipinski definition) is 0. The summed E-state index contributed by atoms with van der Waals surface area (Å²) in [4.78, 5) is 27.9. The molecule has 0 unspecified atom stereocenters. The van der Waals surface area contributed by atoms with Gasteiger partial charge < -0.3 is 9.47 Å². The molecular formula is C18H25N3O4S. The lowest BCUT2D eigenvalue weighted by atomic mass is 10.1. The highest BCUT2D eigenvalue weighted by atomic mass is 32.1. The van der Waals surface area contributed by atoms with Crippen LogP contribution in [-0.4, -0.2) is 33.3 Å². The summed E-state index contributed by atoms with van der Waals surface area (Å²) in [6.07, 6.45) is 0.171. The molecule has 0 N–H and O–H groups in total. The van der Waals surface area contributed by atoms with Gasteiger partial charge in [-0.2, -0.15) is 5.10 Å². The van der Waals surface area contributed by atoms with Crippen molar-refractivity contribution in [1.82, 2.24) is 14.8 Å². The van der Waals surface area contributed by atoms with Crippen LogP contribution in [0.4, 0.5) is 0 Å². The van der Waals surface area contributed by atoms with Crippen LogP contribution in [0.2, 0.25) is 0 Å². The van der Waals surface area contributed by atoms with Crippen molar-refractivity contribution in [2.45, 2.75) is 54.2 Å². The summed E-state index contributed by atoms with van der Waals surface area (Å²) >= 11 is 1.18. The van der Waals surface area contributed by atoms with Gasteiger partial charge in [0.25, 0.3) is 0 Å². The van der Waals surface area contributed by atoms with Gasteiger partial charge in [-0.25, -0.2) is 9.78 Å². The molecule has 2 aromatic heterocycles. The standard InChI is InChI=1S/C18H25N3O4S/c1-6-24-18(23)17-19-14(10-26-17)9-25-16(22)7-15-12(4)20-21(13(15)5)8-11(2)3/h10-11H,6-9H2,1-5H3. The fourth-order valence-corrected chi connectivity index (χ4v) is 3.22. The summed E-state index contributed by atoms with van der Waals surface area (Å²) in [5.74, 6) is -0.323. The van der Waals surface area contributed by atoms with Crippen LogP contribution >= 0.6 is 11.3 Å². The van der Waals surface area contributed by atoms with Crippen molar-refractivity contribution in [3.05, 3.63) is 33.0 Å². The summed E-state index contributed by atoms with van der Waals surface area (Å²) in [7, 11) is 0. The monoisotopic (exact) mass is 379 g/mol. The van der Waals surface area contributed by atoms with Crippen molar-refractivity contribution in [2.75, 3.05) is 6.61 Å². The van der Waals surface area contributed by atoms with E-state index in [0.29, 0.717) is 18.2 Å². The first-order valence-electron chi connectivity index (χ1n) is 8.61. The number of nitrogens with zero attached hydrogens (tertiary/aromatic N) is 3. The molecule has 0 saturated carbocycles. The molecule has 0 amide bonds. The van der Waals surface area contributed by atoms with Crippen molar-refractivity contribution in [2.24, 2.45) is 5.92 Å². The Morgan fingerprint density at radius 3 is 2.65 bits per heavy atom. The first-order valence-corrected chi connectivity index (χ1v) is 9.49. The molecule has 0 spiro atoms.